The average molecular weight is 393 g/mol. The van der Waals surface area contributed by atoms with E-state index < -0.39 is 11.8 Å². The third-order valence-electron chi connectivity index (χ3n) is 3.89. The Balaban J connectivity index is 2.07. The van der Waals surface area contributed by atoms with Crippen LogP contribution in [0.4, 0.5) is 5.69 Å². The summed E-state index contributed by atoms with van der Waals surface area (Å²) in [7, 11) is 4.45. The molecule has 0 fully saturated rings. The first-order valence-corrected chi connectivity index (χ1v) is 8.44. The molecule has 0 radical (unpaired) electrons. The second kappa shape index (κ2) is 9.14. The number of methoxy groups -OCH3 is 3. The fraction of sp³-hybridized carbons (Fsp3) is 0.263. The fourth-order valence-electron chi connectivity index (χ4n) is 2.38. The quantitative estimate of drug-likeness (QED) is 0.737. The minimum absolute atomic E-state index is 0.274. The van der Waals surface area contributed by atoms with Crippen LogP contribution in [-0.4, -0.2) is 33.1 Å². The highest BCUT2D eigenvalue weighted by Gasteiger charge is 2.20. The van der Waals surface area contributed by atoms with Crippen molar-refractivity contribution in [2.45, 2.75) is 13.0 Å². The van der Waals surface area contributed by atoms with Crippen molar-refractivity contribution in [2.75, 3.05) is 26.6 Å². The molecule has 0 saturated carbocycles. The van der Waals surface area contributed by atoms with Crippen LogP contribution in [0.3, 0.4) is 0 Å². The molecule has 1 unspecified atom stereocenters. The summed E-state index contributed by atoms with van der Waals surface area (Å²) in [5.74, 6) is -0.254. The number of ether oxygens (including phenoxy) is 3. The fourth-order valence-corrected chi connectivity index (χ4v) is 2.61. The lowest BCUT2D eigenvalue weighted by Gasteiger charge is -2.16. The number of carbonyl (C=O) groups excluding carboxylic acids is 2. The van der Waals surface area contributed by atoms with Crippen molar-refractivity contribution in [3.63, 3.8) is 0 Å². The molecule has 0 aliphatic carbocycles. The summed E-state index contributed by atoms with van der Waals surface area (Å²) in [5.41, 5.74) is 1.11. The van der Waals surface area contributed by atoms with Gasteiger partial charge in [0.2, 0.25) is 0 Å². The maximum absolute atomic E-state index is 12.3. The Hall–Kier alpha value is -2.93. The number of amides is 2. The number of rotatable bonds is 6. The van der Waals surface area contributed by atoms with Gasteiger partial charge in [0.15, 0.2) is 0 Å². The normalized spacial score (nSPS) is 11.3. The van der Waals surface area contributed by atoms with Crippen molar-refractivity contribution in [1.82, 2.24) is 5.32 Å². The molecule has 2 aromatic rings. The lowest BCUT2D eigenvalue weighted by Crippen LogP contribution is -2.37. The molecule has 2 amide bonds. The topological polar surface area (TPSA) is 85.9 Å². The summed E-state index contributed by atoms with van der Waals surface area (Å²) < 4.78 is 15.4. The number of anilines is 1. The lowest BCUT2D eigenvalue weighted by molar-refractivity contribution is -0.136. The molecule has 0 heterocycles. The van der Waals surface area contributed by atoms with E-state index in [2.05, 4.69) is 10.6 Å². The number of benzene rings is 2. The van der Waals surface area contributed by atoms with Crippen molar-refractivity contribution in [1.29, 1.82) is 0 Å². The van der Waals surface area contributed by atoms with Gasteiger partial charge in [-0.2, -0.15) is 0 Å². The third kappa shape index (κ3) is 5.04. The third-order valence-corrected chi connectivity index (χ3v) is 4.19. The number of carbonyl (C=O) groups is 2. The highest BCUT2D eigenvalue weighted by atomic mass is 35.5. The summed E-state index contributed by atoms with van der Waals surface area (Å²) in [6.07, 6.45) is 0. The first kappa shape index (κ1) is 20.4. The van der Waals surface area contributed by atoms with Crippen LogP contribution in [0.2, 0.25) is 5.02 Å². The Morgan fingerprint density at radius 1 is 0.926 bits per heavy atom. The van der Waals surface area contributed by atoms with Gasteiger partial charge in [-0.15, -0.1) is 0 Å². The average Bonchev–Trinajstić information content (AvgIpc) is 2.68. The van der Waals surface area contributed by atoms with E-state index in [1.54, 1.807) is 26.2 Å². The minimum atomic E-state index is -0.835. The maximum Gasteiger partial charge on any atom is 0.313 e. The van der Waals surface area contributed by atoms with Gasteiger partial charge in [-0.25, -0.2) is 0 Å². The minimum Gasteiger partial charge on any atom is -0.497 e. The molecule has 0 aliphatic heterocycles. The molecular weight excluding hydrogens is 372 g/mol. The van der Waals surface area contributed by atoms with Gasteiger partial charge >= 0.3 is 11.8 Å². The van der Waals surface area contributed by atoms with E-state index >= 15 is 0 Å². The molecule has 0 saturated heterocycles. The Morgan fingerprint density at radius 3 is 2.11 bits per heavy atom. The molecule has 0 bridgehead atoms. The van der Waals surface area contributed by atoms with Gasteiger partial charge in [0.1, 0.15) is 17.2 Å². The Labute approximate surface area is 162 Å². The van der Waals surface area contributed by atoms with Crippen LogP contribution in [0.1, 0.15) is 18.5 Å². The molecule has 144 valence electrons. The summed E-state index contributed by atoms with van der Waals surface area (Å²) >= 11 is 6.03. The van der Waals surface area contributed by atoms with Crippen LogP contribution in [0, 0.1) is 0 Å². The van der Waals surface area contributed by atoms with Crippen molar-refractivity contribution in [3.05, 3.63) is 47.0 Å². The lowest BCUT2D eigenvalue weighted by atomic mass is 10.1. The summed E-state index contributed by atoms with van der Waals surface area (Å²) in [5, 5.41) is 5.47. The molecule has 2 N–H and O–H groups in total. The standard InChI is InChI=1S/C19H21ClN2O5/c1-11(12-5-7-13(25-2)8-6-12)21-18(23)19(24)22-15-10-16(26-3)14(20)9-17(15)27-4/h5-11H,1-4H3,(H,21,23)(H,22,24). The molecule has 8 heteroatoms. The number of halogens is 1. The van der Waals surface area contributed by atoms with E-state index in [9.17, 15) is 9.59 Å². The van der Waals surface area contributed by atoms with Crippen molar-refractivity contribution in [2.24, 2.45) is 0 Å². The van der Waals surface area contributed by atoms with E-state index in [1.807, 2.05) is 12.1 Å². The second-order valence-electron chi connectivity index (χ2n) is 5.61. The molecule has 27 heavy (non-hydrogen) atoms. The molecule has 1 atom stereocenters. The van der Waals surface area contributed by atoms with Gasteiger partial charge in [-0.3, -0.25) is 9.59 Å². The summed E-state index contributed by atoms with van der Waals surface area (Å²) in [6.45, 7) is 1.78. The molecule has 2 rings (SSSR count). The van der Waals surface area contributed by atoms with Crippen molar-refractivity contribution < 1.29 is 23.8 Å². The van der Waals surface area contributed by atoms with Crippen LogP contribution < -0.4 is 24.8 Å². The van der Waals surface area contributed by atoms with Crippen LogP contribution in [0.5, 0.6) is 17.2 Å². The molecule has 7 nitrogen and oxygen atoms in total. The van der Waals surface area contributed by atoms with Crippen LogP contribution in [0.25, 0.3) is 0 Å². The monoisotopic (exact) mass is 392 g/mol. The van der Waals surface area contributed by atoms with E-state index in [-0.39, 0.29) is 11.7 Å². The Kier molecular flexibility index (Phi) is 6.90. The SMILES string of the molecule is COc1ccc(C(C)NC(=O)C(=O)Nc2cc(OC)c(Cl)cc2OC)cc1. The van der Waals surface area contributed by atoms with E-state index in [0.29, 0.717) is 22.3 Å². The van der Waals surface area contributed by atoms with Crippen molar-refractivity contribution in [3.8, 4) is 17.2 Å². The maximum atomic E-state index is 12.3. The predicted molar refractivity (Wildman–Crippen MR) is 103 cm³/mol. The Morgan fingerprint density at radius 2 is 1.56 bits per heavy atom. The molecule has 0 aliphatic rings. The van der Waals surface area contributed by atoms with Gasteiger partial charge in [-0.1, -0.05) is 23.7 Å². The van der Waals surface area contributed by atoms with Crippen LogP contribution in [-0.2, 0) is 9.59 Å². The van der Waals surface area contributed by atoms with Gasteiger partial charge in [0.05, 0.1) is 38.1 Å². The smallest absolute Gasteiger partial charge is 0.313 e. The van der Waals surface area contributed by atoms with E-state index in [4.69, 9.17) is 25.8 Å². The van der Waals surface area contributed by atoms with Crippen LogP contribution in [0.15, 0.2) is 36.4 Å². The zero-order valence-corrected chi connectivity index (χ0v) is 16.2. The first-order valence-electron chi connectivity index (χ1n) is 8.07. The zero-order valence-electron chi connectivity index (χ0n) is 15.5. The van der Waals surface area contributed by atoms with Gasteiger partial charge in [0.25, 0.3) is 0 Å². The first-order chi connectivity index (χ1) is 12.9. The predicted octanol–water partition coefficient (Wildman–Crippen LogP) is 3.18. The summed E-state index contributed by atoms with van der Waals surface area (Å²) in [6, 6.07) is 9.80. The molecule has 0 spiro atoms. The number of hydrogen-bond acceptors (Lipinski definition) is 5. The van der Waals surface area contributed by atoms with Gasteiger partial charge < -0.3 is 24.8 Å². The summed E-state index contributed by atoms with van der Waals surface area (Å²) in [4.78, 5) is 24.5. The van der Waals surface area contributed by atoms with E-state index in [0.717, 1.165) is 5.56 Å². The molecular formula is C19H21ClN2O5. The second-order valence-corrected chi connectivity index (χ2v) is 6.02. The van der Waals surface area contributed by atoms with Crippen molar-refractivity contribution >= 4 is 29.1 Å². The largest absolute Gasteiger partial charge is 0.497 e. The van der Waals surface area contributed by atoms with Gasteiger partial charge in [-0.05, 0) is 24.6 Å². The highest BCUT2D eigenvalue weighted by Crippen LogP contribution is 2.35. The highest BCUT2D eigenvalue weighted by molar-refractivity contribution is 6.40. The zero-order chi connectivity index (χ0) is 20.0. The van der Waals surface area contributed by atoms with Crippen LogP contribution >= 0.6 is 11.6 Å². The Bertz CT molecular complexity index is 824. The van der Waals surface area contributed by atoms with Gasteiger partial charge in [0, 0.05) is 12.1 Å². The number of nitrogens with one attached hydrogen (secondary N) is 2. The molecule has 2 aromatic carbocycles. The number of hydrogen-bond donors (Lipinski definition) is 2. The molecule has 0 aromatic heterocycles. The van der Waals surface area contributed by atoms with E-state index in [1.165, 1.54) is 26.4 Å².